The summed E-state index contributed by atoms with van der Waals surface area (Å²) in [6.45, 7) is 1.69. The number of hydrogen-bond acceptors (Lipinski definition) is 7. The average Bonchev–Trinajstić information content (AvgIpc) is 3.07. The molecule has 1 amide bonds. The Kier molecular flexibility index (Phi) is 5.04. The molecule has 2 rings (SSSR count). The Labute approximate surface area is 125 Å². The number of esters is 1. The minimum atomic E-state index is -0.375. The molecule has 0 aliphatic carbocycles. The highest BCUT2D eigenvalue weighted by atomic mass is 32.1. The molecule has 0 unspecified atom stereocenters. The topological polar surface area (TPSA) is 94.3 Å². The maximum absolute atomic E-state index is 11.9. The third-order valence-electron chi connectivity index (χ3n) is 2.77. The molecule has 21 heavy (non-hydrogen) atoms. The molecule has 0 aliphatic rings. The minimum Gasteiger partial charge on any atom is -0.469 e. The van der Waals surface area contributed by atoms with Crippen LogP contribution in [0.25, 0.3) is 0 Å². The van der Waals surface area contributed by atoms with Crippen LogP contribution in [-0.2, 0) is 16.0 Å². The molecule has 0 aromatic carbocycles. The lowest BCUT2D eigenvalue weighted by Crippen LogP contribution is -2.12. The van der Waals surface area contributed by atoms with Crippen molar-refractivity contribution in [2.75, 3.05) is 12.4 Å². The molecule has 0 saturated heterocycles. The Bertz CT molecular complexity index is 635. The van der Waals surface area contributed by atoms with E-state index in [-0.39, 0.29) is 17.6 Å². The number of methoxy groups -OCH3 is 1. The number of aromatic nitrogens is 2. The number of nitrogens with one attached hydrogen (secondary N) is 1. The second kappa shape index (κ2) is 6.98. The van der Waals surface area contributed by atoms with Crippen LogP contribution in [-0.4, -0.2) is 29.0 Å². The van der Waals surface area contributed by atoms with E-state index in [4.69, 9.17) is 4.42 Å². The van der Waals surface area contributed by atoms with Gasteiger partial charge in [-0.05, 0) is 19.8 Å². The summed E-state index contributed by atoms with van der Waals surface area (Å²) in [7, 11) is 1.37. The van der Waals surface area contributed by atoms with E-state index in [0.29, 0.717) is 30.1 Å². The molecule has 8 heteroatoms. The van der Waals surface area contributed by atoms with Crippen LogP contribution in [0.3, 0.4) is 0 Å². The Morgan fingerprint density at radius 1 is 1.48 bits per heavy atom. The van der Waals surface area contributed by atoms with E-state index in [2.05, 4.69) is 20.0 Å². The van der Waals surface area contributed by atoms with Crippen LogP contribution >= 0.6 is 11.3 Å². The van der Waals surface area contributed by atoms with Gasteiger partial charge in [-0.25, -0.2) is 9.97 Å². The summed E-state index contributed by atoms with van der Waals surface area (Å²) in [5.74, 6) is -0.433. The normalized spacial score (nSPS) is 10.4. The number of nitrogens with zero attached hydrogens (tertiary/aromatic N) is 2. The number of anilines is 1. The van der Waals surface area contributed by atoms with Crippen LogP contribution in [0, 0.1) is 6.92 Å². The van der Waals surface area contributed by atoms with Crippen molar-refractivity contribution in [3.63, 3.8) is 0 Å². The monoisotopic (exact) mass is 309 g/mol. The first kappa shape index (κ1) is 15.2. The number of carbonyl (C=O) groups excluding carboxylic acids is 2. The van der Waals surface area contributed by atoms with E-state index in [1.165, 1.54) is 24.8 Å². The fourth-order valence-corrected chi connectivity index (χ4v) is 2.41. The maximum atomic E-state index is 11.9. The molecule has 0 saturated carbocycles. The van der Waals surface area contributed by atoms with E-state index in [1.807, 2.05) is 5.38 Å². The summed E-state index contributed by atoms with van der Waals surface area (Å²) in [5, 5.41) is 5.00. The largest absolute Gasteiger partial charge is 0.469 e. The van der Waals surface area contributed by atoms with Crippen molar-refractivity contribution in [3.05, 3.63) is 28.9 Å². The van der Waals surface area contributed by atoms with E-state index in [0.717, 1.165) is 5.69 Å². The molecule has 1 N–H and O–H groups in total. The van der Waals surface area contributed by atoms with Gasteiger partial charge in [-0.1, -0.05) is 0 Å². The van der Waals surface area contributed by atoms with Gasteiger partial charge < -0.3 is 9.15 Å². The number of oxazole rings is 1. The molecule has 0 atom stereocenters. The van der Waals surface area contributed by atoms with Crippen molar-refractivity contribution < 1.29 is 18.7 Å². The fourth-order valence-electron chi connectivity index (χ4n) is 1.67. The van der Waals surface area contributed by atoms with Crippen molar-refractivity contribution in [2.24, 2.45) is 0 Å². The third-order valence-corrected chi connectivity index (χ3v) is 3.57. The molecule has 0 fully saturated rings. The zero-order valence-electron chi connectivity index (χ0n) is 11.7. The van der Waals surface area contributed by atoms with Crippen molar-refractivity contribution >= 4 is 28.3 Å². The third kappa shape index (κ3) is 4.12. The van der Waals surface area contributed by atoms with Gasteiger partial charge in [-0.2, -0.15) is 0 Å². The molecule has 0 spiro atoms. The summed E-state index contributed by atoms with van der Waals surface area (Å²) in [5.41, 5.74) is 1.36. The minimum absolute atomic E-state index is 0.178. The van der Waals surface area contributed by atoms with Crippen LogP contribution in [0.15, 0.2) is 16.2 Å². The van der Waals surface area contributed by atoms with Crippen LogP contribution in [0.2, 0.25) is 0 Å². The molecule has 2 heterocycles. The van der Waals surface area contributed by atoms with Gasteiger partial charge in [0.15, 0.2) is 11.5 Å². The number of thiazole rings is 1. The van der Waals surface area contributed by atoms with Gasteiger partial charge >= 0.3 is 5.97 Å². The molecule has 2 aromatic rings. The standard InChI is InChI=1S/C13H15N3O4S/c1-8-11(20-7-14-8)12(18)16-13-15-9(6-21-13)4-3-5-10(17)19-2/h6-7H,3-5H2,1-2H3,(H,15,16,18). The zero-order valence-corrected chi connectivity index (χ0v) is 12.5. The quantitative estimate of drug-likeness (QED) is 0.822. The van der Waals surface area contributed by atoms with E-state index >= 15 is 0 Å². The molecule has 112 valence electrons. The Balaban J connectivity index is 1.87. The Hall–Kier alpha value is -2.22. The molecule has 2 aromatic heterocycles. The first-order valence-electron chi connectivity index (χ1n) is 6.33. The van der Waals surface area contributed by atoms with E-state index in [9.17, 15) is 9.59 Å². The highest BCUT2D eigenvalue weighted by molar-refractivity contribution is 7.13. The second-order valence-corrected chi connectivity index (χ2v) is 5.15. The van der Waals surface area contributed by atoms with Gasteiger partial charge in [-0.15, -0.1) is 11.3 Å². The van der Waals surface area contributed by atoms with Crippen molar-refractivity contribution in [3.8, 4) is 0 Å². The van der Waals surface area contributed by atoms with Crippen LogP contribution in [0.1, 0.15) is 34.8 Å². The number of ether oxygens (including phenoxy) is 1. The first-order chi connectivity index (χ1) is 10.1. The lowest BCUT2D eigenvalue weighted by molar-refractivity contribution is -0.140. The number of amides is 1. The predicted octanol–water partition coefficient (Wildman–Crippen LogP) is 2.19. The number of hydrogen-bond donors (Lipinski definition) is 1. The molecular formula is C13H15N3O4S. The molecular weight excluding hydrogens is 294 g/mol. The molecule has 0 radical (unpaired) electrons. The second-order valence-electron chi connectivity index (χ2n) is 4.29. The summed E-state index contributed by atoms with van der Waals surface area (Å²) in [6.07, 6.45) is 2.89. The predicted molar refractivity (Wildman–Crippen MR) is 76.3 cm³/mol. The highest BCUT2D eigenvalue weighted by Gasteiger charge is 2.15. The summed E-state index contributed by atoms with van der Waals surface area (Å²) in [6, 6.07) is 0. The average molecular weight is 309 g/mol. The molecule has 0 aliphatic heterocycles. The fraction of sp³-hybridized carbons (Fsp3) is 0.385. The molecule has 0 bridgehead atoms. The van der Waals surface area contributed by atoms with Crippen LogP contribution < -0.4 is 5.32 Å². The number of aryl methyl sites for hydroxylation is 2. The van der Waals surface area contributed by atoms with Gasteiger partial charge in [0.1, 0.15) is 0 Å². The van der Waals surface area contributed by atoms with E-state index in [1.54, 1.807) is 6.92 Å². The first-order valence-corrected chi connectivity index (χ1v) is 7.20. The number of carbonyl (C=O) groups is 2. The van der Waals surface area contributed by atoms with Gasteiger partial charge in [-0.3, -0.25) is 14.9 Å². The van der Waals surface area contributed by atoms with Gasteiger partial charge in [0.2, 0.25) is 5.76 Å². The summed E-state index contributed by atoms with van der Waals surface area (Å²) in [4.78, 5) is 31.1. The van der Waals surface area contributed by atoms with Crippen molar-refractivity contribution in [1.29, 1.82) is 0 Å². The van der Waals surface area contributed by atoms with Crippen molar-refractivity contribution in [2.45, 2.75) is 26.2 Å². The SMILES string of the molecule is COC(=O)CCCc1csc(NC(=O)c2ocnc2C)n1. The van der Waals surface area contributed by atoms with Crippen molar-refractivity contribution in [1.82, 2.24) is 9.97 Å². The smallest absolute Gasteiger partial charge is 0.305 e. The lowest BCUT2D eigenvalue weighted by atomic mass is 10.2. The zero-order chi connectivity index (χ0) is 15.2. The Morgan fingerprint density at radius 3 is 2.95 bits per heavy atom. The van der Waals surface area contributed by atoms with Gasteiger partial charge in [0.05, 0.1) is 18.5 Å². The lowest BCUT2D eigenvalue weighted by Gasteiger charge is -1.99. The van der Waals surface area contributed by atoms with Gasteiger partial charge in [0.25, 0.3) is 5.91 Å². The summed E-state index contributed by atoms with van der Waals surface area (Å²) < 4.78 is 9.58. The maximum Gasteiger partial charge on any atom is 0.305 e. The Morgan fingerprint density at radius 2 is 2.29 bits per heavy atom. The summed E-state index contributed by atoms with van der Waals surface area (Å²) >= 11 is 1.32. The highest BCUT2D eigenvalue weighted by Crippen LogP contribution is 2.18. The molecule has 7 nitrogen and oxygen atoms in total. The van der Waals surface area contributed by atoms with E-state index < -0.39 is 0 Å². The number of rotatable bonds is 6. The van der Waals surface area contributed by atoms with Crippen LogP contribution in [0.5, 0.6) is 0 Å². The van der Waals surface area contributed by atoms with Gasteiger partial charge in [0, 0.05) is 11.8 Å². The van der Waals surface area contributed by atoms with Crippen LogP contribution in [0.4, 0.5) is 5.13 Å².